The molecule has 4 heteroatoms. The zero-order valence-electron chi connectivity index (χ0n) is 28.2. The minimum absolute atomic E-state index is 0.130. The van der Waals surface area contributed by atoms with E-state index in [0.29, 0.717) is 0 Å². The van der Waals surface area contributed by atoms with Crippen LogP contribution in [0.25, 0.3) is 87.0 Å². The number of thiophene rings is 2. The van der Waals surface area contributed by atoms with Gasteiger partial charge < -0.3 is 9.13 Å². The van der Waals surface area contributed by atoms with Gasteiger partial charge >= 0.3 is 0 Å². The van der Waals surface area contributed by atoms with E-state index >= 15 is 0 Å². The molecule has 2 nitrogen and oxygen atoms in total. The lowest BCUT2D eigenvalue weighted by molar-refractivity contribution is 0.661. The molecule has 0 bridgehead atoms. The molecule has 4 heterocycles. The van der Waals surface area contributed by atoms with Gasteiger partial charge in [-0.1, -0.05) is 86.6 Å². The van der Waals surface area contributed by atoms with Gasteiger partial charge in [0.05, 0.1) is 32.1 Å². The van der Waals surface area contributed by atoms with Gasteiger partial charge in [-0.05, 0) is 128 Å². The molecule has 1 aliphatic carbocycles. The molecule has 4 aromatic heterocycles. The molecular formula is C47H32N2S2. The summed E-state index contributed by atoms with van der Waals surface area (Å²) in [4.78, 5) is 0. The third-order valence-electron chi connectivity index (χ3n) is 11.1. The van der Waals surface area contributed by atoms with Crippen LogP contribution in [-0.2, 0) is 5.41 Å². The monoisotopic (exact) mass is 688 g/mol. The van der Waals surface area contributed by atoms with Crippen LogP contribution in [0.1, 0.15) is 25.0 Å². The van der Waals surface area contributed by atoms with E-state index in [-0.39, 0.29) is 5.41 Å². The van der Waals surface area contributed by atoms with E-state index in [1.54, 1.807) is 22.7 Å². The second-order valence-electron chi connectivity index (χ2n) is 14.2. The molecular weight excluding hydrogens is 657 g/mol. The Kier molecular flexibility index (Phi) is 6.08. The normalized spacial score (nSPS) is 13.5. The van der Waals surface area contributed by atoms with Gasteiger partial charge in [0.25, 0.3) is 0 Å². The summed E-state index contributed by atoms with van der Waals surface area (Å²) in [5.41, 5.74) is 15.4. The molecule has 242 valence electrons. The molecule has 0 spiro atoms. The number of hydrogen-bond donors (Lipinski definition) is 0. The minimum atomic E-state index is -0.130. The maximum Gasteiger partial charge on any atom is 0.0999 e. The highest BCUT2D eigenvalue weighted by atomic mass is 32.1. The predicted molar refractivity (Wildman–Crippen MR) is 219 cm³/mol. The molecule has 51 heavy (non-hydrogen) atoms. The molecule has 0 saturated carbocycles. The summed E-state index contributed by atoms with van der Waals surface area (Å²) < 4.78 is 4.80. The number of hydrogen-bond acceptors (Lipinski definition) is 2. The summed E-state index contributed by atoms with van der Waals surface area (Å²) in [6.45, 7) is 4.78. The summed E-state index contributed by atoms with van der Waals surface area (Å²) in [6, 6.07) is 54.4. The van der Waals surface area contributed by atoms with E-state index < -0.39 is 0 Å². The molecule has 0 amide bonds. The average Bonchev–Trinajstić information content (AvgIpc) is 4.01. The Bertz CT molecular complexity index is 2790. The van der Waals surface area contributed by atoms with Crippen molar-refractivity contribution in [3.05, 3.63) is 167 Å². The van der Waals surface area contributed by atoms with E-state index in [4.69, 9.17) is 0 Å². The van der Waals surface area contributed by atoms with Crippen molar-refractivity contribution in [2.24, 2.45) is 0 Å². The Hall–Kier alpha value is -5.68. The summed E-state index contributed by atoms with van der Waals surface area (Å²) in [7, 11) is 0. The van der Waals surface area contributed by atoms with Crippen molar-refractivity contribution in [1.29, 1.82) is 0 Å². The van der Waals surface area contributed by atoms with Crippen molar-refractivity contribution < 1.29 is 0 Å². The first-order valence-corrected chi connectivity index (χ1v) is 19.2. The fraction of sp³-hybridized carbons (Fsp3) is 0.0638. The van der Waals surface area contributed by atoms with Crippen LogP contribution in [0.2, 0.25) is 0 Å². The first-order valence-electron chi connectivity index (χ1n) is 17.5. The van der Waals surface area contributed by atoms with Gasteiger partial charge in [0.15, 0.2) is 0 Å². The molecule has 11 rings (SSSR count). The van der Waals surface area contributed by atoms with Crippen molar-refractivity contribution in [3.8, 4) is 43.4 Å². The van der Waals surface area contributed by atoms with Crippen molar-refractivity contribution in [2.75, 3.05) is 0 Å². The van der Waals surface area contributed by atoms with Gasteiger partial charge in [0.1, 0.15) is 0 Å². The first-order chi connectivity index (χ1) is 25.0. The van der Waals surface area contributed by atoms with Gasteiger partial charge in [-0.15, -0.1) is 22.7 Å². The highest BCUT2D eigenvalue weighted by molar-refractivity contribution is 7.12. The molecule has 0 fully saturated rings. The Labute approximate surface area is 304 Å². The van der Waals surface area contributed by atoms with Crippen LogP contribution in [0, 0.1) is 0 Å². The lowest BCUT2D eigenvalue weighted by atomic mass is 9.80. The largest absolute Gasteiger partial charge is 0.301 e. The van der Waals surface area contributed by atoms with Gasteiger partial charge in [-0.3, -0.25) is 0 Å². The summed E-state index contributed by atoms with van der Waals surface area (Å²) in [6.07, 6.45) is 0. The highest BCUT2D eigenvalue weighted by Crippen LogP contribution is 2.51. The molecule has 0 radical (unpaired) electrons. The Morgan fingerprint density at radius 1 is 0.392 bits per heavy atom. The van der Waals surface area contributed by atoms with Crippen LogP contribution in [-0.4, -0.2) is 9.13 Å². The van der Waals surface area contributed by atoms with Crippen molar-refractivity contribution >= 4 is 66.3 Å². The van der Waals surface area contributed by atoms with E-state index in [1.807, 2.05) is 0 Å². The zero-order valence-corrected chi connectivity index (χ0v) is 29.9. The summed E-state index contributed by atoms with van der Waals surface area (Å²) in [5, 5.41) is 12.0. The van der Waals surface area contributed by atoms with Gasteiger partial charge in [0, 0.05) is 27.0 Å². The second-order valence-corrected chi connectivity index (χ2v) is 16.1. The molecule has 6 aromatic carbocycles. The second kappa shape index (κ2) is 10.7. The Balaban J connectivity index is 1.00. The van der Waals surface area contributed by atoms with Crippen molar-refractivity contribution in [2.45, 2.75) is 19.3 Å². The number of nitrogens with zero attached hydrogens (tertiary/aromatic N) is 2. The zero-order chi connectivity index (χ0) is 33.8. The molecule has 10 aromatic rings. The lowest BCUT2D eigenvalue weighted by Gasteiger charge is -2.22. The third kappa shape index (κ3) is 4.15. The van der Waals surface area contributed by atoms with Crippen LogP contribution in [0.3, 0.4) is 0 Å². The highest BCUT2D eigenvalue weighted by Gasteiger charge is 2.36. The van der Waals surface area contributed by atoms with E-state index in [2.05, 4.69) is 179 Å². The Morgan fingerprint density at radius 2 is 0.804 bits per heavy atom. The SMILES string of the molecule is CC1(C)c2cc(-c3ccc4c(c3)c3ccccc3n4-c3cccs3)ccc2-c2ccc(-c3ccc4c(c3)c3ccccc3n4-c3cccs3)cc21. The lowest BCUT2D eigenvalue weighted by Crippen LogP contribution is -2.15. The van der Waals surface area contributed by atoms with Crippen molar-refractivity contribution in [1.82, 2.24) is 9.13 Å². The number of para-hydroxylation sites is 2. The van der Waals surface area contributed by atoms with Crippen LogP contribution in [0.5, 0.6) is 0 Å². The molecule has 0 saturated heterocycles. The van der Waals surface area contributed by atoms with Crippen LogP contribution in [0.4, 0.5) is 0 Å². The van der Waals surface area contributed by atoms with E-state index in [1.165, 1.54) is 98.1 Å². The van der Waals surface area contributed by atoms with Gasteiger partial charge in [0.2, 0.25) is 0 Å². The minimum Gasteiger partial charge on any atom is -0.301 e. The van der Waals surface area contributed by atoms with Crippen LogP contribution in [0.15, 0.2) is 156 Å². The standard InChI is InChI=1S/C47H32N2S2/c1-47(2)39-27-31(29-17-21-43-37(25-29)35-9-3-5-11-41(35)48(43)45-13-7-23-50-45)15-19-33(39)34-20-16-32(28-40(34)47)30-18-22-44-38(26-30)36-10-4-6-12-42(36)49(44)46-14-8-24-51-46/h3-28H,1-2H3. The topological polar surface area (TPSA) is 9.86 Å². The number of fused-ring (bicyclic) bond motifs is 9. The van der Waals surface area contributed by atoms with E-state index in [0.717, 1.165) is 0 Å². The summed E-state index contributed by atoms with van der Waals surface area (Å²) >= 11 is 3.56. The smallest absolute Gasteiger partial charge is 0.0999 e. The number of rotatable bonds is 4. The fourth-order valence-electron chi connectivity index (χ4n) is 8.67. The van der Waals surface area contributed by atoms with Crippen LogP contribution >= 0.6 is 22.7 Å². The predicted octanol–water partition coefficient (Wildman–Crippen LogP) is 13.6. The van der Waals surface area contributed by atoms with Gasteiger partial charge in [-0.2, -0.15) is 0 Å². The quantitative estimate of drug-likeness (QED) is 0.174. The molecule has 0 N–H and O–H groups in total. The first kappa shape index (κ1) is 29.1. The molecule has 1 aliphatic rings. The van der Waals surface area contributed by atoms with Crippen LogP contribution < -0.4 is 0 Å². The molecule has 0 atom stereocenters. The maximum absolute atomic E-state index is 2.44. The van der Waals surface area contributed by atoms with Gasteiger partial charge in [-0.25, -0.2) is 0 Å². The molecule has 0 unspecified atom stereocenters. The van der Waals surface area contributed by atoms with Crippen molar-refractivity contribution in [3.63, 3.8) is 0 Å². The molecule has 0 aliphatic heterocycles. The number of aromatic nitrogens is 2. The van der Waals surface area contributed by atoms with E-state index in [9.17, 15) is 0 Å². The average molecular weight is 689 g/mol. The number of benzene rings is 6. The fourth-order valence-corrected chi connectivity index (χ4v) is 10.2. The third-order valence-corrected chi connectivity index (χ3v) is 12.8. The summed E-state index contributed by atoms with van der Waals surface area (Å²) in [5.74, 6) is 0. The Morgan fingerprint density at radius 3 is 1.25 bits per heavy atom. The maximum atomic E-state index is 2.44.